The zero-order valence-corrected chi connectivity index (χ0v) is 13.5. The SMILES string of the molecule is CCCn1cncc1COc1ccc(Br)c(CNC)c1. The van der Waals surface area contributed by atoms with Gasteiger partial charge in [0.15, 0.2) is 0 Å². The Balaban J connectivity index is 2.03. The molecule has 20 heavy (non-hydrogen) atoms. The second kappa shape index (κ2) is 7.45. The maximum Gasteiger partial charge on any atom is 0.130 e. The van der Waals surface area contributed by atoms with E-state index in [0.29, 0.717) is 6.61 Å². The van der Waals surface area contributed by atoms with Gasteiger partial charge >= 0.3 is 0 Å². The number of halogens is 1. The average Bonchev–Trinajstić information content (AvgIpc) is 2.88. The van der Waals surface area contributed by atoms with E-state index < -0.39 is 0 Å². The fourth-order valence-corrected chi connectivity index (χ4v) is 2.42. The molecule has 2 rings (SSSR count). The van der Waals surface area contributed by atoms with Gasteiger partial charge < -0.3 is 14.6 Å². The first kappa shape index (κ1) is 15.1. The number of aryl methyl sites for hydroxylation is 1. The molecule has 0 radical (unpaired) electrons. The van der Waals surface area contributed by atoms with Gasteiger partial charge in [-0.2, -0.15) is 0 Å². The van der Waals surface area contributed by atoms with Crippen LogP contribution in [0.25, 0.3) is 0 Å². The minimum atomic E-state index is 0.542. The number of benzene rings is 1. The van der Waals surface area contributed by atoms with E-state index in [0.717, 1.165) is 35.4 Å². The van der Waals surface area contributed by atoms with Gasteiger partial charge in [0.25, 0.3) is 0 Å². The van der Waals surface area contributed by atoms with Crippen LogP contribution < -0.4 is 10.1 Å². The Kier molecular flexibility index (Phi) is 5.61. The first-order valence-corrected chi connectivity index (χ1v) is 7.58. The fraction of sp³-hybridized carbons (Fsp3) is 0.400. The molecule has 4 nitrogen and oxygen atoms in total. The van der Waals surface area contributed by atoms with Crippen LogP contribution in [0.3, 0.4) is 0 Å². The van der Waals surface area contributed by atoms with Crippen molar-refractivity contribution in [3.8, 4) is 5.75 Å². The highest BCUT2D eigenvalue weighted by Crippen LogP contribution is 2.23. The van der Waals surface area contributed by atoms with E-state index in [4.69, 9.17) is 4.74 Å². The lowest BCUT2D eigenvalue weighted by Crippen LogP contribution is -2.07. The van der Waals surface area contributed by atoms with Gasteiger partial charge in [-0.15, -0.1) is 0 Å². The second-order valence-electron chi connectivity index (χ2n) is 4.65. The summed E-state index contributed by atoms with van der Waals surface area (Å²) in [4.78, 5) is 4.18. The summed E-state index contributed by atoms with van der Waals surface area (Å²) in [7, 11) is 1.93. The van der Waals surface area contributed by atoms with Crippen molar-refractivity contribution in [2.24, 2.45) is 0 Å². The largest absolute Gasteiger partial charge is 0.487 e. The minimum Gasteiger partial charge on any atom is -0.487 e. The summed E-state index contributed by atoms with van der Waals surface area (Å²) in [6.45, 7) is 4.49. The Morgan fingerprint density at radius 3 is 3.00 bits per heavy atom. The molecule has 0 aliphatic carbocycles. The van der Waals surface area contributed by atoms with Crippen molar-refractivity contribution in [3.63, 3.8) is 0 Å². The van der Waals surface area contributed by atoms with Crippen molar-refractivity contribution in [2.75, 3.05) is 7.05 Å². The number of nitrogens with one attached hydrogen (secondary N) is 1. The predicted molar refractivity (Wildman–Crippen MR) is 83.8 cm³/mol. The highest BCUT2D eigenvalue weighted by molar-refractivity contribution is 9.10. The quantitative estimate of drug-likeness (QED) is 0.841. The maximum absolute atomic E-state index is 5.87. The molecule has 0 amide bonds. The summed E-state index contributed by atoms with van der Waals surface area (Å²) in [5.74, 6) is 0.877. The van der Waals surface area contributed by atoms with Crippen molar-refractivity contribution in [1.82, 2.24) is 14.9 Å². The summed E-state index contributed by atoms with van der Waals surface area (Å²) in [5.41, 5.74) is 2.29. The molecule has 1 N–H and O–H groups in total. The van der Waals surface area contributed by atoms with Crippen LogP contribution in [0.15, 0.2) is 35.2 Å². The maximum atomic E-state index is 5.87. The normalized spacial score (nSPS) is 10.8. The first-order valence-electron chi connectivity index (χ1n) is 6.79. The Morgan fingerprint density at radius 2 is 2.25 bits per heavy atom. The summed E-state index contributed by atoms with van der Waals surface area (Å²) in [6, 6.07) is 6.05. The molecule has 0 atom stereocenters. The van der Waals surface area contributed by atoms with E-state index in [1.54, 1.807) is 0 Å². The summed E-state index contributed by atoms with van der Waals surface area (Å²) < 4.78 is 9.10. The molecule has 0 aliphatic rings. The lowest BCUT2D eigenvalue weighted by molar-refractivity contribution is 0.294. The monoisotopic (exact) mass is 337 g/mol. The van der Waals surface area contributed by atoms with Crippen molar-refractivity contribution >= 4 is 15.9 Å². The number of rotatable bonds is 7. The smallest absolute Gasteiger partial charge is 0.130 e. The zero-order valence-electron chi connectivity index (χ0n) is 11.9. The predicted octanol–water partition coefficient (Wildman–Crippen LogP) is 3.35. The first-order chi connectivity index (χ1) is 9.74. The summed E-state index contributed by atoms with van der Waals surface area (Å²) in [5, 5.41) is 3.15. The highest BCUT2D eigenvalue weighted by atomic mass is 79.9. The molecule has 0 unspecified atom stereocenters. The third-order valence-electron chi connectivity index (χ3n) is 3.03. The number of hydrogen-bond donors (Lipinski definition) is 1. The van der Waals surface area contributed by atoms with E-state index in [1.807, 2.05) is 31.7 Å². The Bertz CT molecular complexity index is 554. The molecule has 1 aromatic carbocycles. The molecule has 1 aromatic heterocycles. The molecule has 5 heteroatoms. The summed E-state index contributed by atoms with van der Waals surface area (Å²) in [6.07, 6.45) is 4.81. The second-order valence-corrected chi connectivity index (χ2v) is 5.50. The third kappa shape index (κ3) is 3.84. The van der Waals surface area contributed by atoms with Gasteiger partial charge in [0, 0.05) is 17.6 Å². The van der Waals surface area contributed by atoms with Gasteiger partial charge in [-0.1, -0.05) is 22.9 Å². The van der Waals surface area contributed by atoms with Crippen molar-refractivity contribution in [1.29, 1.82) is 0 Å². The van der Waals surface area contributed by atoms with Gasteiger partial charge in [-0.25, -0.2) is 4.98 Å². The molecular formula is C15H20BrN3O. The van der Waals surface area contributed by atoms with E-state index in [2.05, 4.69) is 43.8 Å². The van der Waals surface area contributed by atoms with Gasteiger partial charge in [0.2, 0.25) is 0 Å². The van der Waals surface area contributed by atoms with E-state index in [1.165, 1.54) is 5.56 Å². The number of aromatic nitrogens is 2. The van der Waals surface area contributed by atoms with Crippen LogP contribution in [0.2, 0.25) is 0 Å². The van der Waals surface area contributed by atoms with Gasteiger partial charge in [0.1, 0.15) is 12.4 Å². The molecule has 0 bridgehead atoms. The lowest BCUT2D eigenvalue weighted by Gasteiger charge is -2.11. The Labute approximate surface area is 128 Å². The lowest BCUT2D eigenvalue weighted by atomic mass is 10.2. The van der Waals surface area contributed by atoms with Crippen molar-refractivity contribution in [3.05, 3.63) is 46.5 Å². The van der Waals surface area contributed by atoms with Crippen LogP contribution in [0.1, 0.15) is 24.6 Å². The highest BCUT2D eigenvalue weighted by Gasteiger charge is 2.05. The van der Waals surface area contributed by atoms with Crippen LogP contribution in [0.5, 0.6) is 5.75 Å². The molecule has 2 aromatic rings. The van der Waals surface area contributed by atoms with Crippen LogP contribution in [0, 0.1) is 0 Å². The molecule has 0 fully saturated rings. The number of imidazole rings is 1. The van der Waals surface area contributed by atoms with Crippen LogP contribution >= 0.6 is 15.9 Å². The van der Waals surface area contributed by atoms with Crippen LogP contribution in [0.4, 0.5) is 0 Å². The van der Waals surface area contributed by atoms with Gasteiger partial charge in [-0.3, -0.25) is 0 Å². The molecular weight excluding hydrogens is 318 g/mol. The molecule has 0 saturated heterocycles. The molecule has 108 valence electrons. The molecule has 0 spiro atoms. The fourth-order valence-electron chi connectivity index (χ4n) is 2.03. The van der Waals surface area contributed by atoms with E-state index in [9.17, 15) is 0 Å². The number of nitrogens with zero attached hydrogens (tertiary/aromatic N) is 2. The molecule has 0 aliphatic heterocycles. The number of ether oxygens (including phenoxy) is 1. The third-order valence-corrected chi connectivity index (χ3v) is 3.81. The topological polar surface area (TPSA) is 39.1 Å². The van der Waals surface area contributed by atoms with E-state index in [-0.39, 0.29) is 0 Å². The Morgan fingerprint density at radius 1 is 1.40 bits per heavy atom. The molecule has 1 heterocycles. The average molecular weight is 338 g/mol. The Hall–Kier alpha value is -1.33. The zero-order chi connectivity index (χ0) is 14.4. The van der Waals surface area contributed by atoms with E-state index >= 15 is 0 Å². The minimum absolute atomic E-state index is 0.542. The molecule has 0 saturated carbocycles. The van der Waals surface area contributed by atoms with Crippen molar-refractivity contribution < 1.29 is 4.74 Å². The summed E-state index contributed by atoms with van der Waals surface area (Å²) >= 11 is 3.54. The standard InChI is InChI=1S/C15H20BrN3O/c1-3-6-19-11-18-9-13(19)10-20-14-4-5-15(16)12(7-14)8-17-2/h4-5,7,9,11,17H,3,6,8,10H2,1-2H3. The van der Waals surface area contributed by atoms with Gasteiger partial charge in [-0.05, 0) is 37.2 Å². The van der Waals surface area contributed by atoms with Crippen LogP contribution in [-0.2, 0) is 19.7 Å². The van der Waals surface area contributed by atoms with Gasteiger partial charge in [0.05, 0.1) is 18.2 Å². The van der Waals surface area contributed by atoms with Crippen molar-refractivity contribution in [2.45, 2.75) is 33.0 Å². The number of hydrogen-bond acceptors (Lipinski definition) is 3. The van der Waals surface area contributed by atoms with Crippen LogP contribution in [-0.4, -0.2) is 16.6 Å².